The average Bonchev–Trinajstić information content (AvgIpc) is 2.86. The number of nitrogens with zero attached hydrogens (tertiary/aromatic N) is 3. The Hall–Kier alpha value is -1.19. The van der Waals surface area contributed by atoms with Gasteiger partial charge in [-0.15, -0.1) is 0 Å². The lowest BCUT2D eigenvalue weighted by atomic mass is 10.2. The molecule has 120 valence electrons. The molecule has 1 saturated heterocycles. The number of aromatic nitrogens is 2. The van der Waals surface area contributed by atoms with Crippen molar-refractivity contribution >= 4 is 0 Å². The van der Waals surface area contributed by atoms with Crippen LogP contribution in [0.1, 0.15) is 31.7 Å². The first-order valence-electron chi connectivity index (χ1n) is 6.81. The smallest absolute Gasteiger partial charge is 0.367 e. The van der Waals surface area contributed by atoms with Gasteiger partial charge in [-0.25, -0.2) is 0 Å². The molecule has 0 aromatic carbocycles. The monoisotopic (exact) mass is 308 g/mol. The minimum atomic E-state index is -4.26. The van der Waals surface area contributed by atoms with Gasteiger partial charge in [-0.2, -0.15) is 18.2 Å². The third kappa shape index (κ3) is 4.94. The molecule has 2 heterocycles. The van der Waals surface area contributed by atoms with Gasteiger partial charge in [0.05, 0.1) is 19.7 Å². The normalized spacial score (nSPS) is 21.1. The Kier molecular flexibility index (Phi) is 5.17. The van der Waals surface area contributed by atoms with Crippen molar-refractivity contribution in [3.8, 4) is 0 Å². The van der Waals surface area contributed by atoms with Gasteiger partial charge in [0, 0.05) is 19.1 Å². The molecule has 0 spiro atoms. The number of halogens is 3. The van der Waals surface area contributed by atoms with Crippen LogP contribution in [0.4, 0.5) is 13.2 Å². The third-order valence-corrected chi connectivity index (χ3v) is 3.20. The Balaban J connectivity index is 1.87. The molecule has 1 N–H and O–H groups in total. The van der Waals surface area contributed by atoms with Crippen molar-refractivity contribution in [3.63, 3.8) is 0 Å². The van der Waals surface area contributed by atoms with E-state index in [0.717, 1.165) is 6.54 Å². The lowest BCUT2D eigenvalue weighted by Gasteiger charge is -2.34. The third-order valence-electron chi connectivity index (χ3n) is 3.20. The fourth-order valence-electron chi connectivity index (χ4n) is 2.08. The standard InChI is InChI=1S/C12H19F3N4O2/c1-8(2)19-3-4-20-9(6-19)11-17-10(21-18-11)5-16-7-12(13,14)15/h8-9,16H,3-7H2,1-2H3. The van der Waals surface area contributed by atoms with E-state index in [4.69, 9.17) is 9.26 Å². The van der Waals surface area contributed by atoms with Crippen LogP contribution in [0.5, 0.6) is 0 Å². The maximum Gasteiger partial charge on any atom is 0.401 e. The van der Waals surface area contributed by atoms with E-state index in [-0.39, 0.29) is 18.5 Å². The number of nitrogens with one attached hydrogen (secondary N) is 1. The first kappa shape index (κ1) is 16.2. The molecule has 9 heteroatoms. The Labute approximate surface area is 120 Å². The second-order valence-electron chi connectivity index (χ2n) is 5.21. The van der Waals surface area contributed by atoms with Crippen molar-refractivity contribution in [2.75, 3.05) is 26.2 Å². The first-order chi connectivity index (χ1) is 9.85. The van der Waals surface area contributed by atoms with E-state index in [0.29, 0.717) is 25.0 Å². The highest BCUT2D eigenvalue weighted by atomic mass is 19.4. The molecule has 0 aliphatic carbocycles. The van der Waals surface area contributed by atoms with Crippen LogP contribution < -0.4 is 5.32 Å². The molecule has 0 radical (unpaired) electrons. The van der Waals surface area contributed by atoms with Crippen molar-refractivity contribution in [2.24, 2.45) is 0 Å². The van der Waals surface area contributed by atoms with Crippen molar-refractivity contribution in [1.29, 1.82) is 0 Å². The predicted octanol–water partition coefficient (Wildman–Crippen LogP) is 1.50. The van der Waals surface area contributed by atoms with E-state index in [9.17, 15) is 13.2 Å². The Morgan fingerprint density at radius 1 is 1.43 bits per heavy atom. The van der Waals surface area contributed by atoms with Gasteiger partial charge in [0.25, 0.3) is 0 Å². The highest BCUT2D eigenvalue weighted by Gasteiger charge is 2.28. The summed E-state index contributed by atoms with van der Waals surface area (Å²) in [7, 11) is 0. The van der Waals surface area contributed by atoms with Crippen LogP contribution in [0.2, 0.25) is 0 Å². The summed E-state index contributed by atoms with van der Waals surface area (Å²) < 4.78 is 46.6. The molecule has 2 rings (SSSR count). The molecule has 1 unspecified atom stereocenters. The van der Waals surface area contributed by atoms with E-state index >= 15 is 0 Å². The quantitative estimate of drug-likeness (QED) is 0.889. The van der Waals surface area contributed by atoms with Crippen molar-refractivity contribution in [2.45, 2.75) is 38.7 Å². The van der Waals surface area contributed by atoms with Crippen LogP contribution in [0, 0.1) is 0 Å². The zero-order valence-electron chi connectivity index (χ0n) is 12.0. The number of hydrogen-bond donors (Lipinski definition) is 1. The maximum absolute atomic E-state index is 12.0. The maximum atomic E-state index is 12.0. The lowest BCUT2D eigenvalue weighted by molar-refractivity contribution is -0.125. The number of rotatable bonds is 5. The molecule has 1 aromatic heterocycles. The molecule has 1 aromatic rings. The second-order valence-corrected chi connectivity index (χ2v) is 5.21. The average molecular weight is 308 g/mol. The van der Waals surface area contributed by atoms with E-state index in [2.05, 4.69) is 34.2 Å². The summed E-state index contributed by atoms with van der Waals surface area (Å²) in [5.41, 5.74) is 0. The molecule has 1 aliphatic rings. The van der Waals surface area contributed by atoms with Gasteiger partial charge in [-0.05, 0) is 13.8 Å². The van der Waals surface area contributed by atoms with E-state index in [1.807, 2.05) is 0 Å². The van der Waals surface area contributed by atoms with Crippen LogP contribution >= 0.6 is 0 Å². The molecular formula is C12H19F3N4O2. The molecule has 0 amide bonds. The topological polar surface area (TPSA) is 63.4 Å². The number of alkyl halides is 3. The molecule has 1 atom stereocenters. The van der Waals surface area contributed by atoms with Crippen LogP contribution in [0.25, 0.3) is 0 Å². The largest absolute Gasteiger partial charge is 0.401 e. The van der Waals surface area contributed by atoms with Crippen LogP contribution in [0.3, 0.4) is 0 Å². The number of hydrogen-bond acceptors (Lipinski definition) is 6. The summed E-state index contributed by atoms with van der Waals surface area (Å²) in [4.78, 5) is 6.32. The van der Waals surface area contributed by atoms with Gasteiger partial charge in [0.15, 0.2) is 0 Å². The summed E-state index contributed by atoms with van der Waals surface area (Å²) in [6, 6.07) is 0.385. The summed E-state index contributed by atoms with van der Waals surface area (Å²) >= 11 is 0. The zero-order valence-corrected chi connectivity index (χ0v) is 12.0. The molecule has 0 bridgehead atoms. The van der Waals surface area contributed by atoms with Crippen molar-refractivity contribution in [1.82, 2.24) is 20.4 Å². The van der Waals surface area contributed by atoms with Gasteiger partial charge in [-0.3, -0.25) is 4.90 Å². The molecular weight excluding hydrogens is 289 g/mol. The van der Waals surface area contributed by atoms with Crippen LogP contribution in [-0.2, 0) is 11.3 Å². The SMILES string of the molecule is CC(C)N1CCOC(c2noc(CNCC(F)(F)F)n2)C1. The molecule has 6 nitrogen and oxygen atoms in total. The summed E-state index contributed by atoms with van der Waals surface area (Å²) in [5.74, 6) is 0.503. The minimum absolute atomic E-state index is 0.118. The highest BCUT2D eigenvalue weighted by molar-refractivity contribution is 4.94. The summed E-state index contributed by atoms with van der Waals surface area (Å²) in [6.07, 6.45) is -4.56. The van der Waals surface area contributed by atoms with E-state index < -0.39 is 12.7 Å². The van der Waals surface area contributed by atoms with Crippen molar-refractivity contribution < 1.29 is 22.4 Å². The van der Waals surface area contributed by atoms with Gasteiger partial charge in [0.2, 0.25) is 11.7 Å². The molecule has 21 heavy (non-hydrogen) atoms. The first-order valence-corrected chi connectivity index (χ1v) is 6.81. The molecule has 1 fully saturated rings. The van der Waals surface area contributed by atoms with Crippen LogP contribution in [0.15, 0.2) is 4.52 Å². The van der Waals surface area contributed by atoms with Gasteiger partial charge >= 0.3 is 6.18 Å². The van der Waals surface area contributed by atoms with Gasteiger partial charge in [0.1, 0.15) is 6.10 Å². The Morgan fingerprint density at radius 3 is 2.86 bits per heavy atom. The Morgan fingerprint density at radius 2 is 2.19 bits per heavy atom. The molecule has 0 saturated carbocycles. The Bertz CT molecular complexity index is 450. The van der Waals surface area contributed by atoms with Crippen LogP contribution in [-0.4, -0.2) is 53.5 Å². The summed E-state index contributed by atoms with van der Waals surface area (Å²) in [6.45, 7) is 5.02. The fourth-order valence-corrected chi connectivity index (χ4v) is 2.08. The van der Waals surface area contributed by atoms with Gasteiger partial charge < -0.3 is 14.6 Å². The number of morpholine rings is 1. The lowest BCUT2D eigenvalue weighted by Crippen LogP contribution is -2.42. The zero-order chi connectivity index (χ0) is 15.5. The second kappa shape index (κ2) is 6.71. The molecule has 1 aliphatic heterocycles. The highest BCUT2D eigenvalue weighted by Crippen LogP contribution is 2.21. The predicted molar refractivity (Wildman–Crippen MR) is 67.5 cm³/mol. The minimum Gasteiger partial charge on any atom is -0.367 e. The van der Waals surface area contributed by atoms with Gasteiger partial charge in [-0.1, -0.05) is 5.16 Å². The fraction of sp³-hybridized carbons (Fsp3) is 0.833. The van der Waals surface area contributed by atoms with E-state index in [1.54, 1.807) is 0 Å². The number of ether oxygens (including phenoxy) is 1. The van der Waals surface area contributed by atoms with E-state index in [1.165, 1.54) is 0 Å². The summed E-state index contributed by atoms with van der Waals surface area (Å²) in [5, 5.41) is 6.00. The van der Waals surface area contributed by atoms with Crippen molar-refractivity contribution in [3.05, 3.63) is 11.7 Å².